The summed E-state index contributed by atoms with van der Waals surface area (Å²) in [5.41, 5.74) is 1.89. The molecular weight excluding hydrogens is 352 g/mol. The number of hydrogen-bond donors (Lipinski definition) is 1. The molecule has 6 heteroatoms. The minimum atomic E-state index is -0.119. The number of ether oxygens (including phenoxy) is 1. The molecule has 1 aromatic carbocycles. The zero-order chi connectivity index (χ0) is 19.2. The second kappa shape index (κ2) is 8.63. The van der Waals surface area contributed by atoms with Crippen molar-refractivity contribution in [2.45, 2.75) is 25.4 Å². The van der Waals surface area contributed by atoms with Crippen LogP contribution in [0.3, 0.4) is 0 Å². The van der Waals surface area contributed by atoms with Crippen LogP contribution in [-0.2, 0) is 11.3 Å². The van der Waals surface area contributed by atoms with Gasteiger partial charge in [-0.25, -0.2) is 0 Å². The molecule has 3 aromatic rings. The van der Waals surface area contributed by atoms with Gasteiger partial charge in [-0.1, -0.05) is 6.07 Å². The zero-order valence-corrected chi connectivity index (χ0v) is 15.5. The summed E-state index contributed by atoms with van der Waals surface area (Å²) >= 11 is 0. The average molecular weight is 374 g/mol. The Morgan fingerprint density at radius 2 is 1.82 bits per heavy atom. The number of likely N-dealkylation sites (tertiary alicyclic amines) is 1. The number of benzene rings is 1. The lowest BCUT2D eigenvalue weighted by Gasteiger charge is -2.23. The molecule has 0 radical (unpaired) electrons. The van der Waals surface area contributed by atoms with Crippen molar-refractivity contribution in [1.82, 2.24) is 14.9 Å². The number of aromatic nitrogens is 2. The van der Waals surface area contributed by atoms with Crippen LogP contribution in [-0.4, -0.2) is 33.4 Å². The summed E-state index contributed by atoms with van der Waals surface area (Å²) in [5, 5.41) is 3.03. The fourth-order valence-electron chi connectivity index (χ4n) is 3.41. The fourth-order valence-corrected chi connectivity index (χ4v) is 3.41. The first-order chi connectivity index (χ1) is 13.8. The number of rotatable bonds is 6. The average Bonchev–Trinajstić information content (AvgIpc) is 3.19. The van der Waals surface area contributed by atoms with Crippen molar-refractivity contribution in [3.63, 3.8) is 0 Å². The number of carbonyl (C=O) groups is 1. The van der Waals surface area contributed by atoms with Gasteiger partial charge >= 0.3 is 0 Å². The van der Waals surface area contributed by atoms with Crippen molar-refractivity contribution >= 4 is 11.6 Å². The molecule has 1 aliphatic rings. The lowest BCUT2D eigenvalue weighted by atomic mass is 10.2. The van der Waals surface area contributed by atoms with Crippen LogP contribution in [0, 0.1) is 0 Å². The monoisotopic (exact) mass is 374 g/mol. The number of carbonyl (C=O) groups excluding carboxylic acids is 1. The van der Waals surface area contributed by atoms with E-state index < -0.39 is 0 Å². The number of hydrogen-bond acceptors (Lipinski definition) is 5. The minimum absolute atomic E-state index is 0.0299. The highest BCUT2D eigenvalue weighted by Crippen LogP contribution is 2.24. The molecule has 142 valence electrons. The third-order valence-corrected chi connectivity index (χ3v) is 4.77. The summed E-state index contributed by atoms with van der Waals surface area (Å²) in [6, 6.07) is 14.9. The first-order valence-electron chi connectivity index (χ1n) is 9.40. The molecule has 1 aliphatic heterocycles. The van der Waals surface area contributed by atoms with Crippen molar-refractivity contribution in [3.8, 4) is 11.5 Å². The fraction of sp³-hybridized carbons (Fsp3) is 0.227. The van der Waals surface area contributed by atoms with Crippen molar-refractivity contribution in [2.24, 2.45) is 0 Å². The van der Waals surface area contributed by atoms with Crippen LogP contribution in [0.4, 0.5) is 5.69 Å². The van der Waals surface area contributed by atoms with Gasteiger partial charge in [0, 0.05) is 30.8 Å². The van der Waals surface area contributed by atoms with Crippen LogP contribution >= 0.6 is 0 Å². The maximum Gasteiger partial charge on any atom is 0.241 e. The number of nitrogens with one attached hydrogen (secondary N) is 1. The first kappa shape index (κ1) is 18.1. The molecular formula is C22H22N4O2. The van der Waals surface area contributed by atoms with E-state index in [0.717, 1.165) is 37.2 Å². The highest BCUT2D eigenvalue weighted by atomic mass is 16.5. The standard InChI is InChI=1S/C22H22N4O2/c27-22(21-6-3-13-26(21)16-17-4-1-11-23-14-17)25-18-7-9-19(10-8-18)28-20-5-2-12-24-15-20/h1-2,4-5,7-12,14-15,21H,3,6,13,16H2,(H,25,27)/t21-/m1/s1. The Labute approximate surface area is 164 Å². The lowest BCUT2D eigenvalue weighted by molar-refractivity contribution is -0.120. The topological polar surface area (TPSA) is 67.3 Å². The normalized spacial score (nSPS) is 16.6. The minimum Gasteiger partial charge on any atom is -0.456 e. The summed E-state index contributed by atoms with van der Waals surface area (Å²) in [7, 11) is 0. The van der Waals surface area contributed by atoms with Crippen molar-refractivity contribution < 1.29 is 9.53 Å². The first-order valence-corrected chi connectivity index (χ1v) is 9.40. The molecule has 1 N–H and O–H groups in total. The van der Waals surface area contributed by atoms with E-state index in [2.05, 4.69) is 20.2 Å². The Hall–Kier alpha value is -3.25. The van der Waals surface area contributed by atoms with E-state index in [1.165, 1.54) is 0 Å². The number of anilines is 1. The van der Waals surface area contributed by atoms with Crippen molar-refractivity contribution in [3.05, 3.63) is 78.9 Å². The van der Waals surface area contributed by atoms with Crippen LogP contribution in [0.1, 0.15) is 18.4 Å². The van der Waals surface area contributed by atoms with Gasteiger partial charge in [0.1, 0.15) is 11.5 Å². The molecule has 28 heavy (non-hydrogen) atoms. The van der Waals surface area contributed by atoms with Gasteiger partial charge in [-0.2, -0.15) is 0 Å². The second-order valence-electron chi connectivity index (χ2n) is 6.79. The second-order valence-corrected chi connectivity index (χ2v) is 6.79. The molecule has 1 saturated heterocycles. The maximum absolute atomic E-state index is 12.8. The quantitative estimate of drug-likeness (QED) is 0.709. The molecule has 4 rings (SSSR count). The Balaban J connectivity index is 1.36. The van der Waals surface area contributed by atoms with Crippen molar-refractivity contribution in [2.75, 3.05) is 11.9 Å². The molecule has 3 heterocycles. The molecule has 2 aromatic heterocycles. The third kappa shape index (κ3) is 4.53. The lowest BCUT2D eigenvalue weighted by Crippen LogP contribution is -2.39. The summed E-state index contributed by atoms with van der Waals surface area (Å²) in [6.07, 6.45) is 8.87. The maximum atomic E-state index is 12.8. The van der Waals surface area contributed by atoms with Gasteiger partial charge in [-0.05, 0) is 67.4 Å². The predicted molar refractivity (Wildman–Crippen MR) is 107 cm³/mol. The molecule has 1 atom stereocenters. The van der Waals surface area contributed by atoms with Crippen LogP contribution in [0.15, 0.2) is 73.3 Å². The third-order valence-electron chi connectivity index (χ3n) is 4.77. The molecule has 0 unspecified atom stereocenters. The molecule has 0 bridgehead atoms. The van der Waals surface area contributed by atoms with Crippen LogP contribution in [0.5, 0.6) is 11.5 Å². The molecule has 0 spiro atoms. The molecule has 0 aliphatic carbocycles. The smallest absolute Gasteiger partial charge is 0.241 e. The summed E-state index contributed by atoms with van der Waals surface area (Å²) in [5.74, 6) is 1.41. The van der Waals surface area contributed by atoms with E-state index in [4.69, 9.17) is 4.74 Å². The summed E-state index contributed by atoms with van der Waals surface area (Å²) in [6.45, 7) is 1.66. The van der Waals surface area contributed by atoms with E-state index in [9.17, 15) is 4.79 Å². The molecule has 1 fully saturated rings. The van der Waals surface area contributed by atoms with Gasteiger partial charge in [0.2, 0.25) is 5.91 Å². The van der Waals surface area contributed by atoms with E-state index in [-0.39, 0.29) is 11.9 Å². The molecule has 1 amide bonds. The number of amides is 1. The Morgan fingerprint density at radius 3 is 2.54 bits per heavy atom. The largest absolute Gasteiger partial charge is 0.456 e. The summed E-state index contributed by atoms with van der Waals surface area (Å²) < 4.78 is 5.73. The molecule has 6 nitrogen and oxygen atoms in total. The van der Waals surface area contributed by atoms with Gasteiger partial charge in [-0.3, -0.25) is 19.7 Å². The summed E-state index contributed by atoms with van der Waals surface area (Å²) in [4.78, 5) is 23.2. The van der Waals surface area contributed by atoms with Gasteiger partial charge in [-0.15, -0.1) is 0 Å². The van der Waals surface area contributed by atoms with Crippen LogP contribution in [0.25, 0.3) is 0 Å². The van der Waals surface area contributed by atoms with Crippen LogP contribution in [0.2, 0.25) is 0 Å². The van der Waals surface area contributed by atoms with E-state index in [1.54, 1.807) is 18.6 Å². The number of pyridine rings is 2. The van der Waals surface area contributed by atoms with E-state index in [0.29, 0.717) is 11.5 Å². The van der Waals surface area contributed by atoms with Gasteiger partial charge in [0.05, 0.1) is 12.2 Å². The van der Waals surface area contributed by atoms with E-state index in [1.807, 2.05) is 54.7 Å². The SMILES string of the molecule is O=C(Nc1ccc(Oc2cccnc2)cc1)[C@H]1CCCN1Cc1cccnc1. The van der Waals surface area contributed by atoms with Gasteiger partial charge in [0.15, 0.2) is 0 Å². The Morgan fingerprint density at radius 1 is 1.04 bits per heavy atom. The zero-order valence-electron chi connectivity index (χ0n) is 15.5. The van der Waals surface area contributed by atoms with E-state index >= 15 is 0 Å². The van der Waals surface area contributed by atoms with Crippen LogP contribution < -0.4 is 10.1 Å². The van der Waals surface area contributed by atoms with Gasteiger partial charge < -0.3 is 10.1 Å². The predicted octanol–water partition coefficient (Wildman–Crippen LogP) is 3.87. The highest BCUT2D eigenvalue weighted by Gasteiger charge is 2.30. The van der Waals surface area contributed by atoms with Gasteiger partial charge in [0.25, 0.3) is 0 Å². The number of nitrogens with zero attached hydrogens (tertiary/aromatic N) is 3. The Kier molecular flexibility index (Phi) is 5.58. The molecule has 0 saturated carbocycles. The van der Waals surface area contributed by atoms with Crippen molar-refractivity contribution in [1.29, 1.82) is 0 Å². The highest BCUT2D eigenvalue weighted by molar-refractivity contribution is 5.95. The Bertz CT molecular complexity index is 901.